The van der Waals surface area contributed by atoms with Crippen molar-refractivity contribution < 1.29 is 17.5 Å². The summed E-state index contributed by atoms with van der Waals surface area (Å²) in [5.74, 6) is -0.614. The van der Waals surface area contributed by atoms with Crippen molar-refractivity contribution in [2.24, 2.45) is 0 Å². The van der Waals surface area contributed by atoms with Gasteiger partial charge in [0.1, 0.15) is 5.82 Å². The van der Waals surface area contributed by atoms with Crippen LogP contribution in [-0.4, -0.2) is 27.7 Å². The van der Waals surface area contributed by atoms with Crippen molar-refractivity contribution in [1.82, 2.24) is 4.72 Å². The Labute approximate surface area is 118 Å². The minimum Gasteiger partial charge on any atom is -0.396 e. The molecule has 0 spiro atoms. The number of halogens is 1. The van der Waals surface area contributed by atoms with Crippen LogP contribution in [-0.2, 0) is 14.8 Å². The van der Waals surface area contributed by atoms with E-state index in [0.29, 0.717) is 12.2 Å². The smallest absolute Gasteiger partial charge is 0.240 e. The van der Waals surface area contributed by atoms with Crippen LogP contribution in [0.15, 0.2) is 17.0 Å². The maximum absolute atomic E-state index is 13.3. The van der Waals surface area contributed by atoms with Gasteiger partial charge in [-0.15, -0.1) is 0 Å². The predicted molar refractivity (Wildman–Crippen MR) is 74.3 cm³/mol. The van der Waals surface area contributed by atoms with Crippen LogP contribution in [0.2, 0.25) is 0 Å². The number of nitrogen functional groups attached to an aromatic ring is 1. The van der Waals surface area contributed by atoms with Gasteiger partial charge in [-0.3, -0.25) is 0 Å². The van der Waals surface area contributed by atoms with E-state index in [4.69, 9.17) is 10.5 Å². The lowest BCUT2D eigenvalue weighted by Gasteiger charge is -2.23. The lowest BCUT2D eigenvalue weighted by atomic mass is 10.1. The molecule has 1 atom stereocenters. The van der Waals surface area contributed by atoms with Crippen LogP contribution in [0, 0.1) is 12.7 Å². The number of aryl methyl sites for hydroxylation is 1. The molecule has 0 aliphatic carbocycles. The third-order valence-electron chi connectivity index (χ3n) is 3.36. The van der Waals surface area contributed by atoms with Crippen molar-refractivity contribution in [1.29, 1.82) is 0 Å². The monoisotopic (exact) mass is 302 g/mol. The number of nitrogens with two attached hydrogens (primary N) is 1. The first-order valence-electron chi connectivity index (χ1n) is 6.57. The molecule has 112 valence electrons. The summed E-state index contributed by atoms with van der Waals surface area (Å²) in [6, 6.07) is 2.27. The average Bonchev–Trinajstić information content (AvgIpc) is 2.42. The fourth-order valence-electron chi connectivity index (χ4n) is 2.21. The Bertz CT molecular complexity index is 584. The molecular formula is C13H19FN2O3S. The van der Waals surface area contributed by atoms with E-state index in [1.807, 2.05) is 0 Å². The van der Waals surface area contributed by atoms with Gasteiger partial charge in [0.2, 0.25) is 10.0 Å². The van der Waals surface area contributed by atoms with Crippen LogP contribution in [0.25, 0.3) is 0 Å². The number of benzene rings is 1. The standard InChI is InChI=1S/C13H19FN2O3S/c1-9-6-11(14)12(15)7-13(9)20(17,18)16-8-10-4-2-3-5-19-10/h6-7,10,16H,2-5,8,15H2,1H3. The molecule has 1 unspecified atom stereocenters. The Morgan fingerprint density at radius 3 is 2.85 bits per heavy atom. The molecule has 0 radical (unpaired) electrons. The van der Waals surface area contributed by atoms with Gasteiger partial charge < -0.3 is 10.5 Å². The molecule has 1 aromatic carbocycles. The van der Waals surface area contributed by atoms with Crippen molar-refractivity contribution in [2.75, 3.05) is 18.9 Å². The highest BCUT2D eigenvalue weighted by Crippen LogP contribution is 2.21. The Morgan fingerprint density at radius 2 is 2.20 bits per heavy atom. The average molecular weight is 302 g/mol. The molecule has 1 aliphatic rings. The topological polar surface area (TPSA) is 81.4 Å². The second kappa shape index (κ2) is 6.07. The lowest BCUT2D eigenvalue weighted by molar-refractivity contribution is 0.0200. The highest BCUT2D eigenvalue weighted by molar-refractivity contribution is 7.89. The molecule has 1 aromatic rings. The first-order valence-corrected chi connectivity index (χ1v) is 8.05. The van der Waals surface area contributed by atoms with Gasteiger partial charge >= 0.3 is 0 Å². The molecule has 1 saturated heterocycles. The number of nitrogens with one attached hydrogen (secondary N) is 1. The van der Waals surface area contributed by atoms with Gasteiger partial charge in [-0.2, -0.15) is 0 Å². The van der Waals surface area contributed by atoms with Gasteiger partial charge in [-0.05, 0) is 43.9 Å². The second-order valence-corrected chi connectivity index (χ2v) is 6.72. The van der Waals surface area contributed by atoms with Crippen LogP contribution < -0.4 is 10.5 Å². The Kier molecular flexibility index (Phi) is 4.62. The zero-order valence-corrected chi connectivity index (χ0v) is 12.2. The molecular weight excluding hydrogens is 283 g/mol. The van der Waals surface area contributed by atoms with Gasteiger partial charge in [-0.1, -0.05) is 0 Å². The number of sulfonamides is 1. The van der Waals surface area contributed by atoms with Crippen LogP contribution in [0.3, 0.4) is 0 Å². The molecule has 1 fully saturated rings. The first kappa shape index (κ1) is 15.2. The molecule has 0 amide bonds. The number of hydrogen-bond donors (Lipinski definition) is 2. The molecule has 7 heteroatoms. The van der Waals surface area contributed by atoms with E-state index in [1.165, 1.54) is 6.92 Å². The zero-order chi connectivity index (χ0) is 14.8. The van der Waals surface area contributed by atoms with E-state index in [1.54, 1.807) is 0 Å². The summed E-state index contributed by atoms with van der Waals surface area (Å²) in [7, 11) is -3.71. The molecule has 0 saturated carbocycles. The summed E-state index contributed by atoms with van der Waals surface area (Å²) < 4.78 is 45.7. The molecule has 0 bridgehead atoms. The number of rotatable bonds is 4. The van der Waals surface area contributed by atoms with Crippen molar-refractivity contribution in [3.8, 4) is 0 Å². The highest BCUT2D eigenvalue weighted by atomic mass is 32.2. The molecule has 3 N–H and O–H groups in total. The molecule has 1 heterocycles. The minimum absolute atomic E-state index is 0.00668. The quantitative estimate of drug-likeness (QED) is 0.827. The van der Waals surface area contributed by atoms with Crippen LogP contribution in [0.4, 0.5) is 10.1 Å². The fraction of sp³-hybridized carbons (Fsp3) is 0.538. The summed E-state index contributed by atoms with van der Waals surface area (Å²) in [6.07, 6.45) is 2.79. The minimum atomic E-state index is -3.71. The largest absolute Gasteiger partial charge is 0.396 e. The maximum Gasteiger partial charge on any atom is 0.240 e. The van der Waals surface area contributed by atoms with Crippen molar-refractivity contribution in [3.05, 3.63) is 23.5 Å². The fourth-order valence-corrected chi connectivity index (χ4v) is 3.53. The third-order valence-corrected chi connectivity index (χ3v) is 4.92. The number of hydrogen-bond acceptors (Lipinski definition) is 4. The molecule has 20 heavy (non-hydrogen) atoms. The highest BCUT2D eigenvalue weighted by Gasteiger charge is 2.21. The van der Waals surface area contributed by atoms with Crippen LogP contribution >= 0.6 is 0 Å². The van der Waals surface area contributed by atoms with E-state index in [9.17, 15) is 12.8 Å². The maximum atomic E-state index is 13.3. The molecule has 2 rings (SSSR count). The molecule has 5 nitrogen and oxygen atoms in total. The van der Waals surface area contributed by atoms with Gasteiger partial charge in [-0.25, -0.2) is 17.5 Å². The normalized spacial score (nSPS) is 20.0. The van der Waals surface area contributed by atoms with E-state index in [2.05, 4.69) is 4.72 Å². The van der Waals surface area contributed by atoms with Gasteiger partial charge in [0, 0.05) is 13.2 Å². The second-order valence-electron chi connectivity index (χ2n) is 4.98. The zero-order valence-electron chi connectivity index (χ0n) is 11.4. The van der Waals surface area contributed by atoms with Crippen molar-refractivity contribution in [2.45, 2.75) is 37.2 Å². The summed E-state index contributed by atoms with van der Waals surface area (Å²) in [4.78, 5) is 0.00668. The Hall–Kier alpha value is -1.18. The predicted octanol–water partition coefficient (Wildman–Crippen LogP) is 1.56. The van der Waals surface area contributed by atoms with Crippen LogP contribution in [0.1, 0.15) is 24.8 Å². The first-order chi connectivity index (χ1) is 9.40. The van der Waals surface area contributed by atoms with Gasteiger partial charge in [0.05, 0.1) is 16.7 Å². The van der Waals surface area contributed by atoms with E-state index >= 15 is 0 Å². The van der Waals surface area contributed by atoms with Crippen LogP contribution in [0.5, 0.6) is 0 Å². The molecule has 0 aromatic heterocycles. The summed E-state index contributed by atoms with van der Waals surface area (Å²) >= 11 is 0. The molecule has 1 aliphatic heterocycles. The van der Waals surface area contributed by atoms with E-state index < -0.39 is 15.8 Å². The number of ether oxygens (including phenoxy) is 1. The summed E-state index contributed by atoms with van der Waals surface area (Å²) in [5, 5.41) is 0. The Balaban J connectivity index is 2.11. The van der Waals surface area contributed by atoms with Crippen molar-refractivity contribution in [3.63, 3.8) is 0 Å². The Morgan fingerprint density at radius 1 is 1.45 bits per heavy atom. The third kappa shape index (κ3) is 3.47. The summed E-state index contributed by atoms with van der Waals surface area (Å²) in [6.45, 7) is 2.42. The number of anilines is 1. The van der Waals surface area contributed by atoms with Gasteiger partial charge in [0.15, 0.2) is 0 Å². The van der Waals surface area contributed by atoms with Gasteiger partial charge in [0.25, 0.3) is 0 Å². The summed E-state index contributed by atoms with van der Waals surface area (Å²) in [5.41, 5.74) is 5.58. The SMILES string of the molecule is Cc1cc(F)c(N)cc1S(=O)(=O)NCC1CCCCO1. The lowest BCUT2D eigenvalue weighted by Crippen LogP contribution is -2.35. The van der Waals surface area contributed by atoms with E-state index in [-0.39, 0.29) is 23.2 Å². The van der Waals surface area contributed by atoms with Crippen molar-refractivity contribution >= 4 is 15.7 Å². The van der Waals surface area contributed by atoms with E-state index in [0.717, 1.165) is 31.4 Å².